The van der Waals surface area contributed by atoms with Gasteiger partial charge in [0.15, 0.2) is 0 Å². The third-order valence-corrected chi connectivity index (χ3v) is 4.38. The highest BCUT2D eigenvalue weighted by Gasteiger charge is 2.31. The molecule has 2 unspecified atom stereocenters. The number of carboxylic acid groups (broad SMARTS) is 1. The van der Waals surface area contributed by atoms with Crippen molar-refractivity contribution in [2.75, 3.05) is 5.32 Å². The molecule has 1 amide bonds. The highest BCUT2D eigenvalue weighted by Crippen LogP contribution is 2.30. The largest absolute Gasteiger partial charge is 0.481 e. The van der Waals surface area contributed by atoms with Crippen LogP contribution in [0.3, 0.4) is 0 Å². The second-order valence-electron chi connectivity index (χ2n) is 4.74. The van der Waals surface area contributed by atoms with E-state index in [0.717, 1.165) is 24.3 Å². The maximum Gasteiger partial charge on any atom is 0.306 e. The van der Waals surface area contributed by atoms with Crippen LogP contribution in [0.15, 0.2) is 0 Å². The molecule has 0 aliphatic heterocycles. The maximum atomic E-state index is 12.1. The summed E-state index contributed by atoms with van der Waals surface area (Å²) in [4.78, 5) is 23.0. The van der Waals surface area contributed by atoms with Crippen LogP contribution in [0.1, 0.15) is 37.6 Å². The predicted molar refractivity (Wildman–Crippen MR) is 71.0 cm³/mol. The van der Waals surface area contributed by atoms with E-state index in [1.807, 2.05) is 6.92 Å². The van der Waals surface area contributed by atoms with Crippen LogP contribution in [0, 0.1) is 11.8 Å². The minimum absolute atomic E-state index is 0.134. The van der Waals surface area contributed by atoms with Crippen molar-refractivity contribution >= 4 is 28.3 Å². The van der Waals surface area contributed by atoms with E-state index in [0.29, 0.717) is 18.0 Å². The SMILES string of the molecule is CCc1nnc(NC(=O)C2CCCC(C(=O)O)C2)s1. The van der Waals surface area contributed by atoms with Crippen LogP contribution in [0.5, 0.6) is 0 Å². The second-order valence-corrected chi connectivity index (χ2v) is 5.80. The van der Waals surface area contributed by atoms with Gasteiger partial charge in [0, 0.05) is 5.92 Å². The van der Waals surface area contributed by atoms with Crippen molar-refractivity contribution in [3.8, 4) is 0 Å². The average molecular weight is 283 g/mol. The molecule has 2 rings (SSSR count). The Hall–Kier alpha value is -1.50. The first-order chi connectivity index (χ1) is 9.10. The lowest BCUT2D eigenvalue weighted by Crippen LogP contribution is -2.30. The standard InChI is InChI=1S/C12H17N3O3S/c1-2-9-14-15-12(19-9)13-10(16)7-4-3-5-8(6-7)11(17)18/h7-8H,2-6H2,1H3,(H,17,18)(H,13,15,16). The van der Waals surface area contributed by atoms with Crippen molar-refractivity contribution in [1.29, 1.82) is 0 Å². The highest BCUT2D eigenvalue weighted by atomic mass is 32.1. The minimum atomic E-state index is -0.804. The van der Waals surface area contributed by atoms with Gasteiger partial charge in [0.25, 0.3) is 0 Å². The van der Waals surface area contributed by atoms with Crippen LogP contribution in [0.4, 0.5) is 5.13 Å². The number of amides is 1. The Morgan fingerprint density at radius 2 is 2.11 bits per heavy atom. The molecule has 7 heteroatoms. The lowest BCUT2D eigenvalue weighted by Gasteiger charge is -2.25. The number of anilines is 1. The molecule has 0 saturated heterocycles. The van der Waals surface area contributed by atoms with Gasteiger partial charge in [0.2, 0.25) is 11.0 Å². The molecule has 2 atom stereocenters. The van der Waals surface area contributed by atoms with Crippen LogP contribution in [0.25, 0.3) is 0 Å². The molecule has 1 heterocycles. The van der Waals surface area contributed by atoms with Crippen molar-refractivity contribution < 1.29 is 14.7 Å². The van der Waals surface area contributed by atoms with Gasteiger partial charge >= 0.3 is 5.97 Å². The molecular weight excluding hydrogens is 266 g/mol. The smallest absolute Gasteiger partial charge is 0.306 e. The molecule has 6 nitrogen and oxygen atoms in total. The summed E-state index contributed by atoms with van der Waals surface area (Å²) >= 11 is 1.36. The summed E-state index contributed by atoms with van der Waals surface area (Å²) in [5.41, 5.74) is 0. The molecule has 19 heavy (non-hydrogen) atoms. The Labute approximate surface area is 115 Å². The molecule has 1 aromatic rings. The summed E-state index contributed by atoms with van der Waals surface area (Å²) in [5.74, 6) is -1.57. The normalized spacial score (nSPS) is 23.0. The molecule has 104 valence electrons. The zero-order valence-electron chi connectivity index (χ0n) is 10.8. The quantitative estimate of drug-likeness (QED) is 0.880. The first kappa shape index (κ1) is 13.9. The fraction of sp³-hybridized carbons (Fsp3) is 0.667. The predicted octanol–water partition coefficient (Wildman–Crippen LogP) is 1.93. The summed E-state index contributed by atoms with van der Waals surface area (Å²) in [6, 6.07) is 0. The number of aryl methyl sites for hydroxylation is 1. The number of carbonyl (C=O) groups is 2. The summed E-state index contributed by atoms with van der Waals surface area (Å²) in [6.45, 7) is 1.98. The van der Waals surface area contributed by atoms with Gasteiger partial charge in [-0.3, -0.25) is 9.59 Å². The number of hydrogen-bond acceptors (Lipinski definition) is 5. The van der Waals surface area contributed by atoms with Gasteiger partial charge in [-0.15, -0.1) is 10.2 Å². The number of rotatable bonds is 4. The van der Waals surface area contributed by atoms with E-state index in [9.17, 15) is 9.59 Å². The van der Waals surface area contributed by atoms with Crippen molar-refractivity contribution in [3.05, 3.63) is 5.01 Å². The van der Waals surface area contributed by atoms with E-state index in [4.69, 9.17) is 5.11 Å². The molecule has 0 bridgehead atoms. The third kappa shape index (κ3) is 3.50. The fourth-order valence-corrected chi connectivity index (χ4v) is 2.99. The highest BCUT2D eigenvalue weighted by molar-refractivity contribution is 7.15. The van der Waals surface area contributed by atoms with Gasteiger partial charge in [-0.2, -0.15) is 0 Å². The first-order valence-electron chi connectivity index (χ1n) is 6.46. The third-order valence-electron chi connectivity index (χ3n) is 3.39. The molecule has 1 aliphatic carbocycles. The zero-order chi connectivity index (χ0) is 13.8. The van der Waals surface area contributed by atoms with E-state index < -0.39 is 11.9 Å². The Bertz CT molecular complexity index is 475. The summed E-state index contributed by atoms with van der Waals surface area (Å²) in [7, 11) is 0. The summed E-state index contributed by atoms with van der Waals surface area (Å²) in [5, 5.41) is 21.0. The van der Waals surface area contributed by atoms with Crippen LogP contribution < -0.4 is 5.32 Å². The molecule has 0 spiro atoms. The maximum absolute atomic E-state index is 12.1. The van der Waals surface area contributed by atoms with Crippen LogP contribution >= 0.6 is 11.3 Å². The average Bonchev–Trinajstić information content (AvgIpc) is 2.86. The number of nitrogens with one attached hydrogen (secondary N) is 1. The number of aromatic nitrogens is 2. The van der Waals surface area contributed by atoms with Gasteiger partial charge in [-0.05, 0) is 25.7 Å². The van der Waals surface area contributed by atoms with Gasteiger partial charge in [-0.25, -0.2) is 0 Å². The van der Waals surface area contributed by atoms with E-state index in [1.54, 1.807) is 0 Å². The number of aliphatic carboxylic acids is 1. The minimum Gasteiger partial charge on any atom is -0.481 e. The molecule has 1 saturated carbocycles. The summed E-state index contributed by atoms with van der Waals surface area (Å²) < 4.78 is 0. The van der Waals surface area contributed by atoms with Gasteiger partial charge in [0.1, 0.15) is 5.01 Å². The van der Waals surface area contributed by atoms with E-state index in [2.05, 4.69) is 15.5 Å². The number of carbonyl (C=O) groups excluding carboxylic acids is 1. The van der Waals surface area contributed by atoms with E-state index in [1.165, 1.54) is 11.3 Å². The molecule has 0 radical (unpaired) electrons. The fourth-order valence-electron chi connectivity index (χ4n) is 2.31. The molecule has 2 N–H and O–H groups in total. The number of nitrogens with zero attached hydrogens (tertiary/aromatic N) is 2. The van der Waals surface area contributed by atoms with Crippen molar-refractivity contribution in [1.82, 2.24) is 10.2 Å². The second kappa shape index (κ2) is 6.10. The summed E-state index contributed by atoms with van der Waals surface area (Å²) in [6.07, 6.45) is 3.40. The van der Waals surface area contributed by atoms with Crippen LogP contribution in [-0.2, 0) is 16.0 Å². The van der Waals surface area contributed by atoms with E-state index >= 15 is 0 Å². The Morgan fingerprint density at radius 3 is 2.74 bits per heavy atom. The van der Waals surface area contributed by atoms with Crippen LogP contribution in [-0.4, -0.2) is 27.2 Å². The van der Waals surface area contributed by atoms with Crippen molar-refractivity contribution in [2.24, 2.45) is 11.8 Å². The van der Waals surface area contributed by atoms with E-state index in [-0.39, 0.29) is 11.8 Å². The number of hydrogen-bond donors (Lipinski definition) is 2. The lowest BCUT2D eigenvalue weighted by atomic mass is 9.81. The Morgan fingerprint density at radius 1 is 1.37 bits per heavy atom. The van der Waals surface area contributed by atoms with Crippen molar-refractivity contribution in [2.45, 2.75) is 39.0 Å². The molecule has 1 fully saturated rings. The monoisotopic (exact) mass is 283 g/mol. The van der Waals surface area contributed by atoms with Gasteiger partial charge in [0.05, 0.1) is 5.92 Å². The van der Waals surface area contributed by atoms with Crippen LogP contribution in [0.2, 0.25) is 0 Å². The lowest BCUT2D eigenvalue weighted by molar-refractivity contribution is -0.143. The molecule has 0 aromatic carbocycles. The van der Waals surface area contributed by atoms with Crippen molar-refractivity contribution in [3.63, 3.8) is 0 Å². The zero-order valence-corrected chi connectivity index (χ0v) is 11.6. The topological polar surface area (TPSA) is 92.2 Å². The molecule has 1 aliphatic rings. The Balaban J connectivity index is 1.93. The molecule has 1 aromatic heterocycles. The van der Waals surface area contributed by atoms with Gasteiger partial charge < -0.3 is 10.4 Å². The van der Waals surface area contributed by atoms with Gasteiger partial charge in [-0.1, -0.05) is 24.7 Å². The first-order valence-corrected chi connectivity index (χ1v) is 7.27. The molecular formula is C12H17N3O3S. The number of carboxylic acids is 1. The Kier molecular flexibility index (Phi) is 4.47.